The van der Waals surface area contributed by atoms with Crippen LogP contribution in [-0.4, -0.2) is 37.7 Å². The molecule has 0 radical (unpaired) electrons. The van der Waals surface area contributed by atoms with Crippen LogP contribution in [0.3, 0.4) is 0 Å². The van der Waals surface area contributed by atoms with E-state index >= 15 is 0 Å². The van der Waals surface area contributed by atoms with Crippen LogP contribution in [0.25, 0.3) is 0 Å². The summed E-state index contributed by atoms with van der Waals surface area (Å²) in [4.78, 5) is 15.2. The van der Waals surface area contributed by atoms with E-state index in [1.807, 2.05) is 0 Å². The number of nitrogen functional groups attached to an aromatic ring is 1. The minimum atomic E-state index is -0.00317. The van der Waals surface area contributed by atoms with Gasteiger partial charge >= 0.3 is 0 Å². The first-order chi connectivity index (χ1) is 8.22. The molecule has 4 N–H and O–H groups in total. The highest BCUT2D eigenvalue weighted by Crippen LogP contribution is 2.08. The van der Waals surface area contributed by atoms with Crippen molar-refractivity contribution in [3.63, 3.8) is 0 Å². The lowest BCUT2D eigenvalue weighted by Gasteiger charge is -2.07. The lowest BCUT2D eigenvalue weighted by molar-refractivity contribution is -0.121. The van der Waals surface area contributed by atoms with Crippen LogP contribution in [0, 0.1) is 0 Å². The standard InChI is InChI=1S/C11H18N4O2/c1-17-7-6-15-11(16)3-5-13-9-2-4-14-10(12)8-9/h2,4,8H,3,5-7H2,1H3,(H,15,16)(H3,12,13,14). The SMILES string of the molecule is COCCNC(=O)CCNc1ccnc(N)c1. The van der Waals surface area contributed by atoms with Gasteiger partial charge in [0.2, 0.25) is 5.91 Å². The van der Waals surface area contributed by atoms with Gasteiger partial charge in [-0.1, -0.05) is 0 Å². The van der Waals surface area contributed by atoms with Crippen LogP contribution in [0.5, 0.6) is 0 Å². The van der Waals surface area contributed by atoms with Gasteiger partial charge in [0.05, 0.1) is 6.61 Å². The minimum Gasteiger partial charge on any atom is -0.384 e. The number of pyridine rings is 1. The molecular weight excluding hydrogens is 220 g/mol. The number of amides is 1. The fourth-order valence-electron chi connectivity index (χ4n) is 1.26. The number of ether oxygens (including phenoxy) is 1. The number of methoxy groups -OCH3 is 1. The first-order valence-electron chi connectivity index (χ1n) is 5.43. The Morgan fingerprint density at radius 2 is 2.35 bits per heavy atom. The smallest absolute Gasteiger partial charge is 0.221 e. The molecule has 1 aromatic heterocycles. The number of aromatic nitrogens is 1. The summed E-state index contributed by atoms with van der Waals surface area (Å²) in [6.07, 6.45) is 2.03. The van der Waals surface area contributed by atoms with Crippen LogP contribution in [0.2, 0.25) is 0 Å². The van der Waals surface area contributed by atoms with Crippen LogP contribution in [0.4, 0.5) is 11.5 Å². The maximum Gasteiger partial charge on any atom is 0.221 e. The quantitative estimate of drug-likeness (QED) is 0.592. The van der Waals surface area contributed by atoms with E-state index in [4.69, 9.17) is 10.5 Å². The molecule has 0 spiro atoms. The first-order valence-corrected chi connectivity index (χ1v) is 5.43. The lowest BCUT2D eigenvalue weighted by Crippen LogP contribution is -2.28. The largest absolute Gasteiger partial charge is 0.384 e. The molecular formula is C11H18N4O2. The number of carbonyl (C=O) groups excluding carboxylic acids is 1. The van der Waals surface area contributed by atoms with Crippen molar-refractivity contribution < 1.29 is 9.53 Å². The van der Waals surface area contributed by atoms with Gasteiger partial charge in [-0.15, -0.1) is 0 Å². The van der Waals surface area contributed by atoms with Gasteiger partial charge in [0.15, 0.2) is 0 Å². The Kier molecular flexibility index (Phi) is 5.81. The number of hydrogen-bond acceptors (Lipinski definition) is 5. The molecule has 1 aromatic rings. The third kappa shape index (κ3) is 5.72. The molecule has 1 rings (SSSR count). The average molecular weight is 238 g/mol. The highest BCUT2D eigenvalue weighted by atomic mass is 16.5. The second-order valence-electron chi connectivity index (χ2n) is 3.49. The van der Waals surface area contributed by atoms with Crippen LogP contribution < -0.4 is 16.4 Å². The van der Waals surface area contributed by atoms with Gasteiger partial charge in [-0.3, -0.25) is 4.79 Å². The Morgan fingerprint density at radius 1 is 1.53 bits per heavy atom. The van der Waals surface area contributed by atoms with E-state index in [0.29, 0.717) is 31.9 Å². The maximum absolute atomic E-state index is 11.3. The lowest BCUT2D eigenvalue weighted by atomic mass is 10.3. The predicted molar refractivity (Wildman–Crippen MR) is 66.6 cm³/mol. The van der Waals surface area contributed by atoms with Crippen molar-refractivity contribution in [3.05, 3.63) is 18.3 Å². The van der Waals surface area contributed by atoms with Gasteiger partial charge in [0.1, 0.15) is 5.82 Å². The Balaban J connectivity index is 2.17. The topological polar surface area (TPSA) is 89.3 Å². The van der Waals surface area contributed by atoms with Crippen LogP contribution in [-0.2, 0) is 9.53 Å². The Hall–Kier alpha value is -1.82. The highest BCUT2D eigenvalue weighted by molar-refractivity contribution is 5.76. The number of anilines is 2. The van der Waals surface area contributed by atoms with Crippen molar-refractivity contribution in [1.29, 1.82) is 0 Å². The summed E-state index contributed by atoms with van der Waals surface area (Å²) in [5.74, 6) is 0.455. The number of hydrogen-bond donors (Lipinski definition) is 3. The summed E-state index contributed by atoms with van der Waals surface area (Å²) in [7, 11) is 1.60. The summed E-state index contributed by atoms with van der Waals surface area (Å²) in [5.41, 5.74) is 6.39. The molecule has 17 heavy (non-hydrogen) atoms. The van der Waals surface area contributed by atoms with Crippen molar-refractivity contribution in [3.8, 4) is 0 Å². The Morgan fingerprint density at radius 3 is 3.06 bits per heavy atom. The molecule has 1 heterocycles. The third-order valence-corrected chi connectivity index (χ3v) is 2.09. The van der Waals surface area contributed by atoms with Gasteiger partial charge in [0.25, 0.3) is 0 Å². The van der Waals surface area contributed by atoms with E-state index in [0.717, 1.165) is 5.69 Å². The zero-order chi connectivity index (χ0) is 12.5. The molecule has 0 unspecified atom stereocenters. The normalized spacial score (nSPS) is 9.94. The van der Waals surface area contributed by atoms with Crippen molar-refractivity contribution in [2.45, 2.75) is 6.42 Å². The Bertz CT molecular complexity index is 357. The number of nitrogens with zero attached hydrogens (tertiary/aromatic N) is 1. The van der Waals surface area contributed by atoms with Crippen LogP contribution >= 0.6 is 0 Å². The average Bonchev–Trinajstić information content (AvgIpc) is 2.29. The summed E-state index contributed by atoms with van der Waals surface area (Å²) < 4.78 is 4.83. The monoisotopic (exact) mass is 238 g/mol. The van der Waals surface area contributed by atoms with Gasteiger partial charge in [-0.05, 0) is 6.07 Å². The number of rotatable bonds is 7. The minimum absolute atomic E-state index is 0.00317. The zero-order valence-corrected chi connectivity index (χ0v) is 9.90. The molecule has 94 valence electrons. The molecule has 6 heteroatoms. The molecule has 0 aliphatic heterocycles. The maximum atomic E-state index is 11.3. The van der Waals surface area contributed by atoms with E-state index < -0.39 is 0 Å². The van der Waals surface area contributed by atoms with Crippen LogP contribution in [0.15, 0.2) is 18.3 Å². The van der Waals surface area contributed by atoms with E-state index in [1.165, 1.54) is 0 Å². The number of nitrogens with two attached hydrogens (primary N) is 1. The fourth-order valence-corrected chi connectivity index (χ4v) is 1.26. The van der Waals surface area contributed by atoms with Gasteiger partial charge < -0.3 is 21.1 Å². The molecule has 1 amide bonds. The van der Waals surface area contributed by atoms with Gasteiger partial charge in [0, 0.05) is 44.6 Å². The third-order valence-electron chi connectivity index (χ3n) is 2.09. The van der Waals surface area contributed by atoms with Crippen molar-refractivity contribution >= 4 is 17.4 Å². The van der Waals surface area contributed by atoms with E-state index in [2.05, 4.69) is 15.6 Å². The molecule has 0 atom stereocenters. The second-order valence-corrected chi connectivity index (χ2v) is 3.49. The molecule has 0 aromatic carbocycles. The molecule has 0 saturated heterocycles. The predicted octanol–water partition coefficient (Wildman–Crippen LogP) is 0.228. The van der Waals surface area contributed by atoms with Gasteiger partial charge in [-0.25, -0.2) is 4.98 Å². The van der Waals surface area contributed by atoms with Gasteiger partial charge in [-0.2, -0.15) is 0 Å². The Labute approximate surface area is 101 Å². The number of nitrogens with one attached hydrogen (secondary N) is 2. The molecule has 0 bridgehead atoms. The highest BCUT2D eigenvalue weighted by Gasteiger charge is 2.00. The summed E-state index contributed by atoms with van der Waals surface area (Å²) in [5, 5.41) is 5.83. The molecule has 0 aliphatic rings. The first kappa shape index (κ1) is 13.2. The van der Waals surface area contributed by atoms with Crippen molar-refractivity contribution in [1.82, 2.24) is 10.3 Å². The van der Waals surface area contributed by atoms with E-state index in [-0.39, 0.29) is 5.91 Å². The molecule has 0 saturated carbocycles. The summed E-state index contributed by atoms with van der Waals surface area (Å²) >= 11 is 0. The molecule has 0 fully saturated rings. The zero-order valence-electron chi connectivity index (χ0n) is 9.90. The van der Waals surface area contributed by atoms with E-state index in [9.17, 15) is 4.79 Å². The van der Waals surface area contributed by atoms with Crippen molar-refractivity contribution in [2.75, 3.05) is 37.9 Å². The second kappa shape index (κ2) is 7.45. The van der Waals surface area contributed by atoms with Crippen LogP contribution in [0.1, 0.15) is 6.42 Å². The molecule has 0 aliphatic carbocycles. The van der Waals surface area contributed by atoms with Crippen molar-refractivity contribution in [2.24, 2.45) is 0 Å². The van der Waals surface area contributed by atoms with E-state index in [1.54, 1.807) is 25.4 Å². The molecule has 6 nitrogen and oxygen atoms in total. The number of carbonyl (C=O) groups is 1. The fraction of sp³-hybridized carbons (Fsp3) is 0.455. The summed E-state index contributed by atoms with van der Waals surface area (Å²) in [6, 6.07) is 3.53. The summed E-state index contributed by atoms with van der Waals surface area (Å²) in [6.45, 7) is 1.62.